The van der Waals surface area contributed by atoms with E-state index in [2.05, 4.69) is 31.0 Å². The van der Waals surface area contributed by atoms with Gasteiger partial charge in [0.2, 0.25) is 0 Å². The minimum absolute atomic E-state index is 0.251. The number of hydrogen-bond donors (Lipinski definition) is 2. The van der Waals surface area contributed by atoms with Crippen LogP contribution in [0, 0.1) is 11.8 Å². The van der Waals surface area contributed by atoms with Gasteiger partial charge in [0, 0.05) is 12.6 Å². The molecule has 1 rings (SSSR count). The van der Waals surface area contributed by atoms with E-state index in [4.69, 9.17) is 0 Å². The van der Waals surface area contributed by atoms with Gasteiger partial charge in [-0.25, -0.2) is 0 Å². The summed E-state index contributed by atoms with van der Waals surface area (Å²) < 4.78 is 0. The van der Waals surface area contributed by atoms with Gasteiger partial charge in [-0.2, -0.15) is 0 Å². The van der Waals surface area contributed by atoms with E-state index in [0.717, 1.165) is 31.3 Å². The van der Waals surface area contributed by atoms with Gasteiger partial charge in [-0.15, -0.1) is 0 Å². The summed E-state index contributed by atoms with van der Waals surface area (Å²) >= 11 is 0. The molecule has 0 aromatic heterocycles. The molecular formula is C15H32N2O. The molecule has 0 aliphatic carbocycles. The Morgan fingerprint density at radius 3 is 2.67 bits per heavy atom. The van der Waals surface area contributed by atoms with Crippen molar-refractivity contribution in [3.63, 3.8) is 0 Å². The number of aliphatic hydroxyl groups is 1. The Morgan fingerprint density at radius 1 is 1.28 bits per heavy atom. The highest BCUT2D eigenvalue weighted by atomic mass is 16.3. The monoisotopic (exact) mass is 256 g/mol. The Hall–Kier alpha value is -0.120. The van der Waals surface area contributed by atoms with Gasteiger partial charge in [0.15, 0.2) is 0 Å². The fourth-order valence-electron chi connectivity index (χ4n) is 2.88. The van der Waals surface area contributed by atoms with E-state index in [1.165, 1.54) is 32.4 Å². The molecule has 2 atom stereocenters. The molecule has 1 aliphatic heterocycles. The zero-order valence-corrected chi connectivity index (χ0v) is 12.5. The lowest BCUT2D eigenvalue weighted by Crippen LogP contribution is -2.44. The van der Waals surface area contributed by atoms with Crippen molar-refractivity contribution in [1.29, 1.82) is 0 Å². The molecule has 3 heteroatoms. The van der Waals surface area contributed by atoms with Crippen LogP contribution in [0.5, 0.6) is 0 Å². The summed E-state index contributed by atoms with van der Waals surface area (Å²) in [7, 11) is 0. The van der Waals surface area contributed by atoms with E-state index in [1.54, 1.807) is 0 Å². The molecule has 1 fully saturated rings. The Balaban J connectivity index is 2.33. The predicted molar refractivity (Wildman–Crippen MR) is 77.8 cm³/mol. The molecule has 0 spiro atoms. The molecule has 3 nitrogen and oxygen atoms in total. The van der Waals surface area contributed by atoms with Crippen LogP contribution in [0.3, 0.4) is 0 Å². The predicted octanol–water partition coefficient (Wildman–Crippen LogP) is 2.10. The summed E-state index contributed by atoms with van der Waals surface area (Å²) in [5, 5.41) is 12.8. The Kier molecular flexibility index (Phi) is 7.87. The molecule has 0 aromatic rings. The molecule has 2 unspecified atom stereocenters. The van der Waals surface area contributed by atoms with Crippen LogP contribution >= 0.6 is 0 Å². The molecular weight excluding hydrogens is 224 g/mol. The topological polar surface area (TPSA) is 35.5 Å². The second kappa shape index (κ2) is 8.89. The Labute approximate surface area is 113 Å². The van der Waals surface area contributed by atoms with Crippen molar-refractivity contribution in [2.45, 2.75) is 52.5 Å². The minimum Gasteiger partial charge on any atom is -0.395 e. The average molecular weight is 256 g/mol. The second-order valence-electron chi connectivity index (χ2n) is 6.07. The maximum Gasteiger partial charge on any atom is 0.0597 e. The summed E-state index contributed by atoms with van der Waals surface area (Å²) in [5.41, 5.74) is 0. The number of likely N-dealkylation sites (tertiary alicyclic amines) is 1. The average Bonchev–Trinajstić information content (AvgIpc) is 2.59. The minimum atomic E-state index is 0.251. The first-order chi connectivity index (χ1) is 8.67. The highest BCUT2D eigenvalue weighted by molar-refractivity contribution is 4.76. The van der Waals surface area contributed by atoms with Gasteiger partial charge < -0.3 is 15.3 Å². The molecule has 1 saturated heterocycles. The lowest BCUT2D eigenvalue weighted by molar-refractivity contribution is 0.182. The van der Waals surface area contributed by atoms with Crippen LogP contribution in [0.25, 0.3) is 0 Å². The second-order valence-corrected chi connectivity index (χ2v) is 6.07. The fourth-order valence-corrected chi connectivity index (χ4v) is 2.88. The maximum absolute atomic E-state index is 9.40. The summed E-state index contributed by atoms with van der Waals surface area (Å²) in [4.78, 5) is 2.53. The van der Waals surface area contributed by atoms with E-state index in [9.17, 15) is 5.11 Å². The Morgan fingerprint density at radius 2 is 2.06 bits per heavy atom. The number of nitrogens with zero attached hydrogens (tertiary/aromatic N) is 1. The first-order valence-corrected chi connectivity index (χ1v) is 7.74. The van der Waals surface area contributed by atoms with E-state index >= 15 is 0 Å². The lowest BCUT2D eigenvalue weighted by Gasteiger charge is -2.26. The fraction of sp³-hybridized carbons (Fsp3) is 1.00. The number of hydrogen-bond acceptors (Lipinski definition) is 3. The third kappa shape index (κ3) is 5.68. The van der Waals surface area contributed by atoms with E-state index in [-0.39, 0.29) is 12.6 Å². The van der Waals surface area contributed by atoms with Crippen LogP contribution in [0.1, 0.15) is 46.5 Å². The van der Waals surface area contributed by atoms with Gasteiger partial charge >= 0.3 is 0 Å². The molecule has 0 radical (unpaired) electrons. The van der Waals surface area contributed by atoms with Gasteiger partial charge in [-0.1, -0.05) is 20.8 Å². The van der Waals surface area contributed by atoms with Crippen LogP contribution in [0.4, 0.5) is 0 Å². The van der Waals surface area contributed by atoms with Gasteiger partial charge in [0.05, 0.1) is 6.61 Å². The van der Waals surface area contributed by atoms with E-state index in [1.807, 2.05) is 0 Å². The van der Waals surface area contributed by atoms with Crippen LogP contribution in [-0.4, -0.2) is 48.8 Å². The van der Waals surface area contributed by atoms with Crippen molar-refractivity contribution in [3.05, 3.63) is 0 Å². The summed E-state index contributed by atoms with van der Waals surface area (Å²) in [6.45, 7) is 11.5. The summed E-state index contributed by atoms with van der Waals surface area (Å²) in [5.74, 6) is 1.71. The first-order valence-electron chi connectivity index (χ1n) is 7.74. The third-order valence-electron chi connectivity index (χ3n) is 4.19. The largest absolute Gasteiger partial charge is 0.395 e. The zero-order chi connectivity index (χ0) is 13.4. The SMILES string of the molecule is CCCNC(CO)CN1CCCC(C(C)C)CC1. The molecule has 1 aliphatic rings. The third-order valence-corrected chi connectivity index (χ3v) is 4.19. The van der Waals surface area contributed by atoms with Crippen molar-refractivity contribution in [3.8, 4) is 0 Å². The maximum atomic E-state index is 9.40. The highest BCUT2D eigenvalue weighted by Crippen LogP contribution is 2.24. The van der Waals surface area contributed by atoms with Gasteiger partial charge in [-0.05, 0) is 57.2 Å². The highest BCUT2D eigenvalue weighted by Gasteiger charge is 2.21. The molecule has 2 N–H and O–H groups in total. The molecule has 0 bridgehead atoms. The normalized spacial score (nSPS) is 24.2. The smallest absolute Gasteiger partial charge is 0.0597 e. The number of rotatable bonds is 7. The summed E-state index contributed by atoms with van der Waals surface area (Å²) in [6.07, 6.45) is 5.14. The van der Waals surface area contributed by atoms with Gasteiger partial charge in [0.1, 0.15) is 0 Å². The van der Waals surface area contributed by atoms with Crippen molar-refractivity contribution in [2.24, 2.45) is 11.8 Å². The van der Waals surface area contributed by atoms with Crippen LogP contribution in [-0.2, 0) is 0 Å². The number of aliphatic hydroxyl groups excluding tert-OH is 1. The quantitative estimate of drug-likeness (QED) is 0.732. The van der Waals surface area contributed by atoms with Crippen molar-refractivity contribution >= 4 is 0 Å². The molecule has 108 valence electrons. The molecule has 0 amide bonds. The van der Waals surface area contributed by atoms with E-state index < -0.39 is 0 Å². The molecule has 0 saturated carbocycles. The van der Waals surface area contributed by atoms with Crippen molar-refractivity contribution in [2.75, 3.05) is 32.8 Å². The molecule has 1 heterocycles. The van der Waals surface area contributed by atoms with Crippen LogP contribution in [0.2, 0.25) is 0 Å². The van der Waals surface area contributed by atoms with Crippen LogP contribution in [0.15, 0.2) is 0 Å². The zero-order valence-electron chi connectivity index (χ0n) is 12.5. The van der Waals surface area contributed by atoms with Gasteiger partial charge in [-0.3, -0.25) is 0 Å². The molecule has 18 heavy (non-hydrogen) atoms. The first kappa shape index (κ1) is 15.9. The Bertz CT molecular complexity index is 209. The van der Waals surface area contributed by atoms with Crippen molar-refractivity contribution in [1.82, 2.24) is 10.2 Å². The lowest BCUT2D eigenvalue weighted by atomic mass is 9.89. The van der Waals surface area contributed by atoms with E-state index in [0.29, 0.717) is 0 Å². The van der Waals surface area contributed by atoms with Crippen LogP contribution < -0.4 is 5.32 Å². The number of nitrogens with one attached hydrogen (secondary N) is 1. The van der Waals surface area contributed by atoms with Gasteiger partial charge in [0.25, 0.3) is 0 Å². The summed E-state index contributed by atoms with van der Waals surface area (Å²) in [6, 6.07) is 0.251. The standard InChI is InChI=1S/C15H32N2O/c1-4-8-16-15(12-18)11-17-9-5-6-14(7-10-17)13(2)3/h13-16,18H,4-12H2,1-3H3. The molecule has 0 aromatic carbocycles. The van der Waals surface area contributed by atoms with Crippen molar-refractivity contribution < 1.29 is 5.11 Å².